The fraction of sp³-hybridized carbons (Fsp3) is 0.167. The van der Waals surface area contributed by atoms with Crippen molar-refractivity contribution in [3.8, 4) is 0 Å². The molecule has 2 N–H and O–H groups in total. The number of para-hydroxylation sites is 1. The number of anilines is 2. The minimum Gasteiger partial charge on any atom is -0.372 e. The molecule has 0 amide bonds. The first-order chi connectivity index (χ1) is 12.9. The Hall–Kier alpha value is -2.65. The molecule has 0 saturated carbocycles. The van der Waals surface area contributed by atoms with E-state index in [-0.39, 0.29) is 11.5 Å². The largest absolute Gasteiger partial charge is 0.372 e. The zero-order valence-corrected chi connectivity index (χ0v) is 16.4. The van der Waals surface area contributed by atoms with Crippen LogP contribution in [0.1, 0.15) is 10.4 Å². The molecule has 0 atom stereocenters. The van der Waals surface area contributed by atoms with E-state index in [0.717, 1.165) is 17.2 Å². The number of rotatable bonds is 7. The van der Waals surface area contributed by atoms with Crippen molar-refractivity contribution >= 4 is 50.0 Å². The van der Waals surface area contributed by atoms with E-state index in [1.165, 1.54) is 11.8 Å². The summed E-state index contributed by atoms with van der Waals surface area (Å²) in [7, 11) is -1.55. The van der Waals surface area contributed by atoms with Crippen molar-refractivity contribution in [1.82, 2.24) is 9.97 Å². The maximum atomic E-state index is 12.4. The van der Waals surface area contributed by atoms with Crippen LogP contribution in [0.2, 0.25) is 0 Å². The second-order valence-electron chi connectivity index (χ2n) is 5.79. The Morgan fingerprint density at radius 3 is 2.44 bits per heavy atom. The zero-order valence-electron chi connectivity index (χ0n) is 14.8. The Bertz CT molecular complexity index is 1080. The first-order valence-electron chi connectivity index (χ1n) is 8.04. The van der Waals surface area contributed by atoms with Crippen LogP contribution in [-0.4, -0.2) is 43.2 Å². The molecule has 0 radical (unpaired) electrons. The lowest BCUT2D eigenvalue weighted by atomic mass is 10.1. The molecule has 0 aliphatic heterocycles. The molecule has 0 aliphatic rings. The number of Topliss-reactive ketones (excluding diaryl/α,β-unsaturated/α-hetero) is 1. The third kappa shape index (κ3) is 4.95. The highest BCUT2D eigenvalue weighted by molar-refractivity contribution is 7.99. The molecule has 9 heteroatoms. The van der Waals surface area contributed by atoms with Crippen molar-refractivity contribution < 1.29 is 13.2 Å². The minimum atomic E-state index is -3.34. The first-order valence-corrected chi connectivity index (χ1v) is 10.9. The average Bonchev–Trinajstić information content (AvgIpc) is 2.64. The van der Waals surface area contributed by atoms with Crippen molar-refractivity contribution in [2.75, 3.05) is 29.1 Å². The zero-order chi connectivity index (χ0) is 19.4. The van der Waals surface area contributed by atoms with Crippen LogP contribution in [0.5, 0.6) is 0 Å². The fourth-order valence-electron chi connectivity index (χ4n) is 2.46. The molecule has 0 spiro atoms. The van der Waals surface area contributed by atoms with E-state index in [0.29, 0.717) is 22.2 Å². The van der Waals surface area contributed by atoms with Gasteiger partial charge in [0.2, 0.25) is 10.0 Å². The lowest BCUT2D eigenvalue weighted by molar-refractivity contribution is 0.102. The van der Waals surface area contributed by atoms with Crippen molar-refractivity contribution in [3.63, 3.8) is 0 Å². The standard InChI is InChI=1S/C18H18N4O3S2/c1-19-17-14-5-3-4-6-15(14)20-18(21-17)26-11-16(23)12-7-9-13(10-8-12)22-27(2,24)25/h3-10,22H,11H2,1-2H3,(H,19,20,21). The maximum absolute atomic E-state index is 12.4. The van der Waals surface area contributed by atoms with Gasteiger partial charge in [-0.05, 0) is 36.4 Å². The number of hydrogen-bond acceptors (Lipinski definition) is 7. The molecule has 1 heterocycles. The van der Waals surface area contributed by atoms with Crippen LogP contribution in [0.3, 0.4) is 0 Å². The summed E-state index contributed by atoms with van der Waals surface area (Å²) in [5.74, 6) is 0.806. The summed E-state index contributed by atoms with van der Waals surface area (Å²) in [5.41, 5.74) is 1.72. The van der Waals surface area contributed by atoms with Gasteiger partial charge in [0.05, 0.1) is 17.5 Å². The van der Waals surface area contributed by atoms with Gasteiger partial charge in [0.1, 0.15) is 5.82 Å². The average molecular weight is 403 g/mol. The van der Waals surface area contributed by atoms with E-state index in [4.69, 9.17) is 0 Å². The summed E-state index contributed by atoms with van der Waals surface area (Å²) in [6, 6.07) is 14.0. The van der Waals surface area contributed by atoms with Crippen molar-refractivity contribution in [3.05, 3.63) is 54.1 Å². The lowest BCUT2D eigenvalue weighted by Crippen LogP contribution is -2.10. The van der Waals surface area contributed by atoms with Gasteiger partial charge in [-0.1, -0.05) is 23.9 Å². The van der Waals surface area contributed by atoms with Gasteiger partial charge in [-0.25, -0.2) is 18.4 Å². The molecule has 1 aromatic heterocycles. The molecular formula is C18H18N4O3S2. The number of ketones is 1. The number of hydrogen-bond donors (Lipinski definition) is 2. The Morgan fingerprint density at radius 1 is 1.07 bits per heavy atom. The molecule has 0 aliphatic carbocycles. The molecule has 3 rings (SSSR count). The van der Waals surface area contributed by atoms with Gasteiger partial charge >= 0.3 is 0 Å². The predicted molar refractivity (Wildman–Crippen MR) is 109 cm³/mol. The van der Waals surface area contributed by atoms with Gasteiger partial charge in [0, 0.05) is 23.7 Å². The first kappa shape index (κ1) is 19.1. The molecular weight excluding hydrogens is 384 g/mol. The Morgan fingerprint density at radius 2 is 1.78 bits per heavy atom. The van der Waals surface area contributed by atoms with Gasteiger partial charge in [-0.3, -0.25) is 9.52 Å². The van der Waals surface area contributed by atoms with Gasteiger partial charge in [0.25, 0.3) is 0 Å². The van der Waals surface area contributed by atoms with Crippen LogP contribution in [0.25, 0.3) is 10.9 Å². The summed E-state index contributed by atoms with van der Waals surface area (Å²) >= 11 is 1.26. The monoisotopic (exact) mass is 402 g/mol. The highest BCUT2D eigenvalue weighted by Crippen LogP contribution is 2.24. The van der Waals surface area contributed by atoms with Crippen molar-refractivity contribution in [1.29, 1.82) is 0 Å². The highest BCUT2D eigenvalue weighted by atomic mass is 32.2. The molecule has 0 fully saturated rings. The van der Waals surface area contributed by atoms with Gasteiger partial charge in [-0.15, -0.1) is 0 Å². The van der Waals surface area contributed by atoms with E-state index in [1.54, 1.807) is 31.3 Å². The Labute approximate surface area is 161 Å². The van der Waals surface area contributed by atoms with E-state index in [2.05, 4.69) is 20.0 Å². The third-order valence-corrected chi connectivity index (χ3v) is 5.12. The second-order valence-corrected chi connectivity index (χ2v) is 8.48. The van der Waals surface area contributed by atoms with Crippen LogP contribution in [0.4, 0.5) is 11.5 Å². The predicted octanol–water partition coefficient (Wildman–Crippen LogP) is 3.02. The van der Waals surface area contributed by atoms with E-state index >= 15 is 0 Å². The number of carbonyl (C=O) groups is 1. The number of thioether (sulfide) groups is 1. The highest BCUT2D eigenvalue weighted by Gasteiger charge is 2.11. The Kier molecular flexibility index (Phi) is 5.62. The second kappa shape index (κ2) is 7.93. The maximum Gasteiger partial charge on any atom is 0.229 e. The van der Waals surface area contributed by atoms with Crippen LogP contribution < -0.4 is 10.0 Å². The van der Waals surface area contributed by atoms with E-state index < -0.39 is 10.0 Å². The van der Waals surface area contributed by atoms with E-state index in [9.17, 15) is 13.2 Å². The summed E-state index contributed by atoms with van der Waals surface area (Å²) < 4.78 is 24.8. The molecule has 27 heavy (non-hydrogen) atoms. The SMILES string of the molecule is CNc1nc(SCC(=O)c2ccc(NS(C)(=O)=O)cc2)nc2ccccc12. The van der Waals surface area contributed by atoms with Crippen molar-refractivity contribution in [2.45, 2.75) is 5.16 Å². The smallest absolute Gasteiger partial charge is 0.229 e. The lowest BCUT2D eigenvalue weighted by Gasteiger charge is -2.08. The minimum absolute atomic E-state index is 0.0892. The van der Waals surface area contributed by atoms with Gasteiger partial charge in [-0.2, -0.15) is 0 Å². The molecule has 7 nitrogen and oxygen atoms in total. The fourth-order valence-corrected chi connectivity index (χ4v) is 3.77. The van der Waals surface area contributed by atoms with Crippen LogP contribution in [0.15, 0.2) is 53.7 Å². The summed E-state index contributed by atoms with van der Waals surface area (Å²) in [6.07, 6.45) is 1.08. The quantitative estimate of drug-likeness (QED) is 0.356. The number of benzene rings is 2. The third-order valence-electron chi connectivity index (χ3n) is 3.66. The van der Waals surface area contributed by atoms with Crippen LogP contribution >= 0.6 is 11.8 Å². The molecule has 3 aromatic rings. The topological polar surface area (TPSA) is 101 Å². The number of nitrogens with one attached hydrogen (secondary N) is 2. The van der Waals surface area contributed by atoms with Crippen LogP contribution in [0, 0.1) is 0 Å². The number of fused-ring (bicyclic) bond motifs is 1. The van der Waals surface area contributed by atoms with Gasteiger partial charge in [0.15, 0.2) is 10.9 Å². The molecule has 0 bridgehead atoms. The van der Waals surface area contributed by atoms with Crippen LogP contribution in [-0.2, 0) is 10.0 Å². The van der Waals surface area contributed by atoms with Crippen molar-refractivity contribution in [2.24, 2.45) is 0 Å². The van der Waals surface area contributed by atoms with Gasteiger partial charge < -0.3 is 5.32 Å². The number of sulfonamides is 1. The summed E-state index contributed by atoms with van der Waals surface area (Å²) in [4.78, 5) is 21.3. The molecule has 2 aromatic carbocycles. The summed E-state index contributed by atoms with van der Waals surface area (Å²) in [6.45, 7) is 0. The molecule has 0 saturated heterocycles. The number of nitrogens with zero attached hydrogens (tertiary/aromatic N) is 2. The number of aromatic nitrogens is 2. The van der Waals surface area contributed by atoms with E-state index in [1.807, 2.05) is 24.3 Å². The number of carbonyl (C=O) groups excluding carboxylic acids is 1. The summed E-state index contributed by atoms with van der Waals surface area (Å²) in [5, 5.41) is 4.49. The molecule has 140 valence electrons. The Balaban J connectivity index is 1.71. The molecule has 0 unspecified atom stereocenters. The normalized spacial score (nSPS) is 11.3.